The molecule has 0 saturated carbocycles. The highest BCUT2D eigenvalue weighted by atomic mass is 32.1. The van der Waals surface area contributed by atoms with Gasteiger partial charge in [0.1, 0.15) is 11.4 Å². The molecule has 32 heavy (non-hydrogen) atoms. The van der Waals surface area contributed by atoms with E-state index in [0.29, 0.717) is 38.3 Å². The molecule has 1 aromatic heterocycles. The Kier molecular flexibility index (Phi) is 7.08. The lowest BCUT2D eigenvalue weighted by Gasteiger charge is -2.27. The third kappa shape index (κ3) is 6.19. The van der Waals surface area contributed by atoms with Gasteiger partial charge in [0.25, 0.3) is 0 Å². The molecule has 1 aliphatic rings. The monoisotopic (exact) mass is 480 g/mol. The molecule has 2 N–H and O–H groups in total. The number of nitrogens with one attached hydrogen (secondary N) is 2. The van der Waals surface area contributed by atoms with Gasteiger partial charge in [0, 0.05) is 37.1 Å². The highest BCUT2D eigenvalue weighted by Gasteiger charge is 2.37. The fourth-order valence-electron chi connectivity index (χ4n) is 3.03. The van der Waals surface area contributed by atoms with Crippen LogP contribution in [0.2, 0.25) is 0 Å². The number of hydrogen-bond donors (Lipinski definition) is 2. The lowest BCUT2D eigenvalue weighted by Crippen LogP contribution is -2.47. The zero-order valence-corrected chi connectivity index (χ0v) is 17.3. The first-order chi connectivity index (χ1) is 14.9. The molecule has 0 unspecified atom stereocenters. The number of thiazole rings is 1. The second-order valence-electron chi connectivity index (χ2n) is 7.01. The second-order valence-corrected chi connectivity index (χ2v) is 7.95. The topological polar surface area (TPSA) is 74.3 Å². The largest absolute Gasteiger partial charge is 0.416 e. The normalized spacial score (nSPS) is 15.0. The Morgan fingerprint density at radius 1 is 1.03 bits per heavy atom. The van der Waals surface area contributed by atoms with Gasteiger partial charge in [-0.15, -0.1) is 11.3 Å². The van der Waals surface area contributed by atoms with Crippen LogP contribution in [0.25, 0.3) is 11.3 Å². The van der Waals surface area contributed by atoms with Crippen LogP contribution in [-0.4, -0.2) is 47.9 Å². The van der Waals surface area contributed by atoms with Crippen molar-refractivity contribution < 1.29 is 35.9 Å². The maximum absolute atomic E-state index is 13.0. The number of aromatic nitrogens is 1. The lowest BCUT2D eigenvalue weighted by molar-refractivity contribution is -0.143. The van der Waals surface area contributed by atoms with Crippen LogP contribution in [0.15, 0.2) is 23.6 Å². The van der Waals surface area contributed by atoms with Crippen molar-refractivity contribution in [3.05, 3.63) is 39.7 Å². The first-order valence-corrected chi connectivity index (χ1v) is 10.3. The van der Waals surface area contributed by atoms with Crippen molar-refractivity contribution in [1.29, 1.82) is 0 Å². The fourth-order valence-corrected chi connectivity index (χ4v) is 3.77. The highest BCUT2D eigenvalue weighted by Crippen LogP contribution is 2.38. The molecule has 0 spiro atoms. The summed E-state index contributed by atoms with van der Waals surface area (Å²) in [6.07, 6.45) is -10.3. The van der Waals surface area contributed by atoms with Crippen molar-refractivity contribution in [3.63, 3.8) is 0 Å². The molecular weight excluding hydrogens is 462 g/mol. The smallest absolute Gasteiger partial charge is 0.349 e. The van der Waals surface area contributed by atoms with E-state index in [-0.39, 0.29) is 41.2 Å². The molecule has 1 fully saturated rings. The van der Waals surface area contributed by atoms with Gasteiger partial charge in [-0.25, -0.2) is 4.98 Å². The predicted octanol–water partition coefficient (Wildman–Crippen LogP) is 3.29. The average Bonchev–Trinajstić information content (AvgIpc) is 3.20. The van der Waals surface area contributed by atoms with Crippen molar-refractivity contribution in [2.45, 2.75) is 25.3 Å². The molecule has 2 amide bonds. The summed E-state index contributed by atoms with van der Waals surface area (Å²) in [5.41, 5.74) is -3.28. The Labute approximate surface area is 182 Å². The van der Waals surface area contributed by atoms with Gasteiger partial charge in [0.15, 0.2) is 0 Å². The molecule has 174 valence electrons. The van der Waals surface area contributed by atoms with E-state index < -0.39 is 29.4 Å². The van der Waals surface area contributed by atoms with E-state index in [9.17, 15) is 35.9 Å². The summed E-state index contributed by atoms with van der Waals surface area (Å²) < 4.78 is 78.2. The maximum Gasteiger partial charge on any atom is 0.416 e. The molecule has 2 aromatic rings. The van der Waals surface area contributed by atoms with Crippen LogP contribution < -0.4 is 10.6 Å². The first-order valence-electron chi connectivity index (χ1n) is 9.43. The van der Waals surface area contributed by atoms with Gasteiger partial charge < -0.3 is 15.5 Å². The van der Waals surface area contributed by atoms with Crippen LogP contribution >= 0.6 is 11.3 Å². The zero-order valence-electron chi connectivity index (χ0n) is 16.4. The number of carbonyl (C=O) groups is 2. The van der Waals surface area contributed by atoms with Crippen molar-refractivity contribution in [2.75, 3.05) is 26.2 Å². The number of hydrogen-bond acceptors (Lipinski definition) is 5. The summed E-state index contributed by atoms with van der Waals surface area (Å²) >= 11 is 0.968. The number of carbonyl (C=O) groups excluding carboxylic acids is 2. The summed E-state index contributed by atoms with van der Waals surface area (Å²) in [5.74, 6) is -0.879. The van der Waals surface area contributed by atoms with Gasteiger partial charge in [-0.2, -0.15) is 26.3 Å². The highest BCUT2D eigenvalue weighted by molar-refractivity contribution is 7.09. The zero-order chi connectivity index (χ0) is 23.5. The van der Waals surface area contributed by atoms with Crippen LogP contribution in [0.3, 0.4) is 0 Å². The Morgan fingerprint density at radius 3 is 2.19 bits per heavy atom. The average molecular weight is 480 g/mol. The summed E-state index contributed by atoms with van der Waals surface area (Å²) in [6.45, 7) is 2.17. The standard InChI is InChI=1S/C19H18F6N4O2S/c20-18(21,22)12-5-11(6-13(7-12)19(23,24)25)14-10-32-16(28-14)9-27-15(30)8-17(31)29-3-1-26-2-4-29/h5-7,10,26H,1-4,8-9H2,(H,27,30). The molecule has 0 radical (unpaired) electrons. The van der Waals surface area contributed by atoms with E-state index in [4.69, 9.17) is 0 Å². The summed E-state index contributed by atoms with van der Waals surface area (Å²) in [4.78, 5) is 29.7. The van der Waals surface area contributed by atoms with Gasteiger partial charge in [0.05, 0.1) is 23.4 Å². The van der Waals surface area contributed by atoms with Crippen LogP contribution in [-0.2, 0) is 28.5 Å². The minimum absolute atomic E-state index is 0.0480. The fraction of sp³-hybridized carbons (Fsp3) is 0.421. The Hall–Kier alpha value is -2.67. The van der Waals surface area contributed by atoms with Gasteiger partial charge >= 0.3 is 12.4 Å². The molecule has 1 aliphatic heterocycles. The molecule has 0 bridgehead atoms. The number of benzene rings is 1. The molecule has 3 rings (SSSR count). The molecule has 0 atom stereocenters. The van der Waals surface area contributed by atoms with Gasteiger partial charge in [-0.05, 0) is 18.2 Å². The van der Waals surface area contributed by atoms with Gasteiger partial charge in [-0.1, -0.05) is 0 Å². The Morgan fingerprint density at radius 2 is 1.62 bits per heavy atom. The quantitative estimate of drug-likeness (QED) is 0.509. The van der Waals surface area contributed by atoms with E-state index in [1.54, 1.807) is 4.90 Å². The Balaban J connectivity index is 1.67. The molecule has 6 nitrogen and oxygen atoms in total. The second kappa shape index (κ2) is 9.45. The van der Waals surface area contributed by atoms with E-state index in [0.717, 1.165) is 11.3 Å². The van der Waals surface area contributed by atoms with Crippen LogP contribution in [0.4, 0.5) is 26.3 Å². The third-order valence-electron chi connectivity index (χ3n) is 4.65. The minimum Gasteiger partial charge on any atom is -0.349 e. The SMILES string of the molecule is O=C(CC(=O)N1CCNCC1)NCc1nc(-c2cc(C(F)(F)F)cc(C(F)(F)F)c2)cs1. The summed E-state index contributed by atoms with van der Waals surface area (Å²) in [6, 6.07) is 1.24. The van der Waals surface area contributed by atoms with Crippen molar-refractivity contribution in [1.82, 2.24) is 20.5 Å². The van der Waals surface area contributed by atoms with Crippen LogP contribution in [0, 0.1) is 0 Å². The molecule has 1 aromatic carbocycles. The Bertz CT molecular complexity index is 951. The molecular formula is C19H18F6N4O2S. The molecule has 2 heterocycles. The van der Waals surface area contributed by atoms with Crippen LogP contribution in [0.5, 0.6) is 0 Å². The number of rotatable bonds is 5. The number of nitrogens with zero attached hydrogens (tertiary/aromatic N) is 2. The number of amides is 2. The van der Waals surface area contributed by atoms with Crippen molar-refractivity contribution >= 4 is 23.2 Å². The van der Waals surface area contributed by atoms with Crippen molar-refractivity contribution in [3.8, 4) is 11.3 Å². The first kappa shape index (κ1) is 24.0. The van der Waals surface area contributed by atoms with Gasteiger partial charge in [0.2, 0.25) is 11.8 Å². The van der Waals surface area contributed by atoms with E-state index in [1.807, 2.05) is 0 Å². The molecule has 1 saturated heterocycles. The van der Waals surface area contributed by atoms with E-state index in [2.05, 4.69) is 15.6 Å². The number of alkyl halides is 6. The van der Waals surface area contributed by atoms with Gasteiger partial charge in [-0.3, -0.25) is 9.59 Å². The summed E-state index contributed by atoms with van der Waals surface area (Å²) in [5, 5.41) is 7.15. The van der Waals surface area contributed by atoms with E-state index >= 15 is 0 Å². The van der Waals surface area contributed by atoms with Crippen LogP contribution in [0.1, 0.15) is 22.6 Å². The maximum atomic E-state index is 13.0. The number of halogens is 6. The van der Waals surface area contributed by atoms with Crippen molar-refractivity contribution in [2.24, 2.45) is 0 Å². The lowest BCUT2D eigenvalue weighted by atomic mass is 10.0. The third-order valence-corrected chi connectivity index (χ3v) is 5.50. The predicted molar refractivity (Wildman–Crippen MR) is 103 cm³/mol. The molecule has 0 aliphatic carbocycles. The molecule has 13 heteroatoms. The summed E-state index contributed by atoms with van der Waals surface area (Å²) in [7, 11) is 0. The number of piperazine rings is 1. The minimum atomic E-state index is -4.96. The van der Waals surface area contributed by atoms with E-state index in [1.165, 1.54) is 5.38 Å².